The van der Waals surface area contributed by atoms with Gasteiger partial charge in [0, 0.05) is 12.0 Å². The Morgan fingerprint density at radius 1 is 0.778 bits per heavy atom. The first-order valence-electron chi connectivity index (χ1n) is 6.18. The molecule has 2 aromatic carbocycles. The number of rotatable bonds is 3. The largest absolute Gasteiger partial charge is 0.0937 e. The van der Waals surface area contributed by atoms with E-state index in [0.29, 0.717) is 0 Å². The number of benzene rings is 2. The molecule has 0 saturated carbocycles. The Balaban J connectivity index is 1.78. The normalized spacial score (nSPS) is 10.0. The summed E-state index contributed by atoms with van der Waals surface area (Å²) in [5.74, 6) is 6.29. The Labute approximate surface area is 109 Å². The average molecular weight is 232 g/mol. The summed E-state index contributed by atoms with van der Waals surface area (Å²) in [5, 5.41) is 0. The van der Waals surface area contributed by atoms with Crippen molar-refractivity contribution in [3.8, 4) is 11.8 Å². The van der Waals surface area contributed by atoms with E-state index in [1.54, 1.807) is 0 Å². The summed E-state index contributed by atoms with van der Waals surface area (Å²) < 4.78 is 0. The van der Waals surface area contributed by atoms with Gasteiger partial charge in [0.05, 0.1) is 0 Å². The van der Waals surface area contributed by atoms with E-state index in [0.717, 1.165) is 18.4 Å². The number of hydrogen-bond donors (Lipinski definition) is 0. The lowest BCUT2D eigenvalue weighted by atomic mass is 10.1. The molecular formula is C18H16. The van der Waals surface area contributed by atoms with E-state index in [9.17, 15) is 0 Å². The molecule has 0 aliphatic heterocycles. The van der Waals surface area contributed by atoms with Crippen LogP contribution in [0.1, 0.15) is 17.5 Å². The highest BCUT2D eigenvalue weighted by Crippen LogP contribution is 2.00. The van der Waals surface area contributed by atoms with Gasteiger partial charge in [-0.1, -0.05) is 72.5 Å². The van der Waals surface area contributed by atoms with Crippen molar-refractivity contribution >= 4 is 0 Å². The van der Waals surface area contributed by atoms with E-state index >= 15 is 0 Å². The predicted molar refractivity (Wildman–Crippen MR) is 77.2 cm³/mol. The fourth-order valence-electron chi connectivity index (χ4n) is 1.65. The molecule has 88 valence electrons. The maximum atomic E-state index is 3.15. The van der Waals surface area contributed by atoms with Crippen LogP contribution in [0, 0.1) is 11.8 Å². The van der Waals surface area contributed by atoms with Gasteiger partial charge >= 0.3 is 0 Å². The van der Waals surface area contributed by atoms with Gasteiger partial charge in [-0.05, 0) is 24.1 Å². The summed E-state index contributed by atoms with van der Waals surface area (Å²) in [6, 6.07) is 20.5. The van der Waals surface area contributed by atoms with E-state index in [4.69, 9.17) is 0 Å². The van der Waals surface area contributed by atoms with E-state index in [1.807, 2.05) is 36.4 Å². The van der Waals surface area contributed by atoms with E-state index < -0.39 is 0 Å². The van der Waals surface area contributed by atoms with Crippen LogP contribution < -0.4 is 0 Å². The van der Waals surface area contributed by atoms with Gasteiger partial charge in [-0.15, -0.1) is 0 Å². The molecule has 2 rings (SSSR count). The van der Waals surface area contributed by atoms with Crippen molar-refractivity contribution < 1.29 is 0 Å². The van der Waals surface area contributed by atoms with Crippen LogP contribution in [0.2, 0.25) is 0 Å². The van der Waals surface area contributed by atoms with Crippen molar-refractivity contribution in [3.63, 3.8) is 0 Å². The van der Waals surface area contributed by atoms with Crippen LogP contribution in [0.25, 0.3) is 0 Å². The van der Waals surface area contributed by atoms with Crippen molar-refractivity contribution in [1.29, 1.82) is 0 Å². The van der Waals surface area contributed by atoms with Gasteiger partial charge in [-0.3, -0.25) is 0 Å². The van der Waals surface area contributed by atoms with Crippen LogP contribution in [0.15, 0.2) is 72.8 Å². The molecule has 0 amide bonds. The topological polar surface area (TPSA) is 0 Å². The first kappa shape index (κ1) is 12.2. The van der Waals surface area contributed by atoms with Gasteiger partial charge in [0.15, 0.2) is 0 Å². The third kappa shape index (κ3) is 4.31. The summed E-state index contributed by atoms with van der Waals surface area (Å²) >= 11 is 0. The fourth-order valence-corrected chi connectivity index (χ4v) is 1.65. The van der Waals surface area contributed by atoms with Gasteiger partial charge in [0.1, 0.15) is 0 Å². The average Bonchev–Trinajstić information content (AvgIpc) is 2.45. The molecule has 0 atom stereocenters. The zero-order valence-electron chi connectivity index (χ0n) is 10.3. The van der Waals surface area contributed by atoms with E-state index in [2.05, 4.69) is 48.3 Å². The van der Waals surface area contributed by atoms with Crippen LogP contribution in [0.5, 0.6) is 0 Å². The minimum Gasteiger partial charge on any atom is -0.0937 e. The third-order valence-corrected chi connectivity index (χ3v) is 2.59. The number of hydrogen-bond acceptors (Lipinski definition) is 0. The van der Waals surface area contributed by atoms with Gasteiger partial charge in [0.2, 0.25) is 0 Å². The molecule has 18 heavy (non-hydrogen) atoms. The molecule has 0 aliphatic carbocycles. The Morgan fingerprint density at radius 2 is 1.44 bits per heavy atom. The first-order chi connectivity index (χ1) is 8.95. The van der Waals surface area contributed by atoms with Crippen molar-refractivity contribution in [2.75, 3.05) is 0 Å². The third-order valence-electron chi connectivity index (χ3n) is 2.59. The minimum atomic E-state index is 0.807. The van der Waals surface area contributed by atoms with E-state index in [1.165, 1.54) is 5.56 Å². The summed E-state index contributed by atoms with van der Waals surface area (Å²) in [4.78, 5) is 0. The molecule has 0 unspecified atom stereocenters. The van der Waals surface area contributed by atoms with Crippen molar-refractivity contribution in [2.24, 2.45) is 0 Å². The monoisotopic (exact) mass is 232 g/mol. The SMILES string of the molecule is C(#Cc1ccccc1)C/C=C/Cc1ccccc1. The van der Waals surface area contributed by atoms with Gasteiger partial charge in [0.25, 0.3) is 0 Å². The van der Waals surface area contributed by atoms with Crippen LogP contribution >= 0.6 is 0 Å². The molecule has 0 radical (unpaired) electrons. The molecule has 0 aliphatic rings. The maximum Gasteiger partial charge on any atom is 0.0273 e. The van der Waals surface area contributed by atoms with Crippen LogP contribution in [-0.4, -0.2) is 0 Å². The predicted octanol–water partition coefficient (Wildman–Crippen LogP) is 4.23. The Bertz CT molecular complexity index is 539. The van der Waals surface area contributed by atoms with Crippen molar-refractivity contribution in [3.05, 3.63) is 83.9 Å². The second-order valence-electron chi connectivity index (χ2n) is 4.03. The maximum absolute atomic E-state index is 3.15. The minimum absolute atomic E-state index is 0.807. The highest BCUT2D eigenvalue weighted by atomic mass is 13.9. The van der Waals surface area contributed by atoms with E-state index in [-0.39, 0.29) is 0 Å². The van der Waals surface area contributed by atoms with Crippen molar-refractivity contribution in [2.45, 2.75) is 12.8 Å². The van der Waals surface area contributed by atoms with Gasteiger partial charge in [-0.25, -0.2) is 0 Å². The molecule has 2 aromatic rings. The Hall–Kier alpha value is -2.26. The highest BCUT2D eigenvalue weighted by Gasteiger charge is 1.84. The highest BCUT2D eigenvalue weighted by molar-refractivity contribution is 5.34. The molecule has 0 N–H and O–H groups in total. The van der Waals surface area contributed by atoms with Crippen LogP contribution in [0.3, 0.4) is 0 Å². The summed E-state index contributed by atoms with van der Waals surface area (Å²) in [7, 11) is 0. The molecule has 0 spiro atoms. The Morgan fingerprint density at radius 3 is 2.17 bits per heavy atom. The summed E-state index contributed by atoms with van der Waals surface area (Å²) in [6.07, 6.45) is 6.09. The molecule has 0 saturated heterocycles. The first-order valence-corrected chi connectivity index (χ1v) is 6.18. The zero-order valence-corrected chi connectivity index (χ0v) is 10.3. The number of allylic oxidation sites excluding steroid dienone is 2. The smallest absolute Gasteiger partial charge is 0.0273 e. The van der Waals surface area contributed by atoms with Crippen molar-refractivity contribution in [1.82, 2.24) is 0 Å². The van der Waals surface area contributed by atoms with Crippen LogP contribution in [0.4, 0.5) is 0 Å². The quantitative estimate of drug-likeness (QED) is 0.549. The summed E-state index contributed by atoms with van der Waals surface area (Å²) in [5.41, 5.74) is 2.42. The lowest BCUT2D eigenvalue weighted by Crippen LogP contribution is -1.78. The molecule has 0 nitrogen and oxygen atoms in total. The molecule has 0 aromatic heterocycles. The standard InChI is InChI=1S/C18H16/c1(5-11-17-13-7-3-8-14-17)2-6-12-18-15-9-4-10-16-18/h1,3-5,7-10,13-16H,2,11H2/b5-1+. The lowest BCUT2D eigenvalue weighted by molar-refractivity contribution is 1.25. The molecule has 0 heteroatoms. The summed E-state index contributed by atoms with van der Waals surface area (Å²) in [6.45, 7) is 0. The molecule has 0 fully saturated rings. The van der Waals surface area contributed by atoms with Crippen LogP contribution in [-0.2, 0) is 6.42 Å². The zero-order chi connectivity index (χ0) is 12.5. The van der Waals surface area contributed by atoms with Gasteiger partial charge < -0.3 is 0 Å². The molecule has 0 bridgehead atoms. The lowest BCUT2D eigenvalue weighted by Gasteiger charge is -1.92. The second-order valence-corrected chi connectivity index (χ2v) is 4.03. The second kappa shape index (κ2) is 7.14. The van der Waals surface area contributed by atoms with Gasteiger partial charge in [-0.2, -0.15) is 0 Å². The fraction of sp³-hybridized carbons (Fsp3) is 0.111. The molecule has 0 heterocycles. The Kier molecular flexibility index (Phi) is 4.84. The molecular weight excluding hydrogens is 216 g/mol.